The van der Waals surface area contributed by atoms with Crippen molar-refractivity contribution >= 4 is 17.5 Å². The van der Waals surface area contributed by atoms with Crippen molar-refractivity contribution in [1.29, 1.82) is 0 Å². The lowest BCUT2D eigenvalue weighted by atomic mass is 9.88. The molecule has 2 fully saturated rings. The van der Waals surface area contributed by atoms with E-state index in [0.29, 0.717) is 43.9 Å². The molecule has 2 amide bonds. The van der Waals surface area contributed by atoms with E-state index in [0.717, 1.165) is 0 Å². The summed E-state index contributed by atoms with van der Waals surface area (Å²) in [6.07, 6.45) is 1.10. The number of carbonyl (C=O) groups excluding carboxylic acids is 2. The van der Waals surface area contributed by atoms with Gasteiger partial charge in [0.1, 0.15) is 18.0 Å². The molecule has 2 aliphatic rings. The number of benzene rings is 1. The minimum atomic E-state index is -0.557. The quantitative estimate of drug-likeness (QED) is 0.836. The van der Waals surface area contributed by atoms with Crippen LogP contribution in [0.15, 0.2) is 41.2 Å². The fourth-order valence-corrected chi connectivity index (χ4v) is 3.90. The van der Waals surface area contributed by atoms with Crippen molar-refractivity contribution in [3.63, 3.8) is 0 Å². The van der Waals surface area contributed by atoms with Gasteiger partial charge in [0, 0.05) is 24.5 Å². The van der Waals surface area contributed by atoms with E-state index in [2.05, 4.69) is 4.98 Å². The molecule has 1 N–H and O–H groups in total. The Kier molecular flexibility index (Phi) is 4.96. The van der Waals surface area contributed by atoms with E-state index >= 15 is 0 Å². The predicted octanol–water partition coefficient (Wildman–Crippen LogP) is 1.86. The monoisotopic (exact) mass is 399 g/mol. The van der Waals surface area contributed by atoms with E-state index in [1.807, 2.05) is 0 Å². The summed E-state index contributed by atoms with van der Waals surface area (Å²) < 4.78 is 19.1. The number of hydrogen-bond donors (Lipinski definition) is 1. The molecule has 0 aliphatic carbocycles. The third kappa shape index (κ3) is 3.80. The number of hydrogen-bond acceptors (Lipinski definition) is 4. The molecule has 7 nitrogen and oxygen atoms in total. The molecule has 0 atom stereocenters. The molecule has 2 aliphatic heterocycles. The SMILES string of the molecule is Cc1ccc(C(=O)N2CCC3(CC2)CN(c2ccc(F)cc2)C(=O)CO3)c(=O)[nH]1. The molecule has 152 valence electrons. The van der Waals surface area contributed by atoms with Gasteiger partial charge < -0.3 is 19.5 Å². The number of carbonyl (C=O) groups is 2. The lowest BCUT2D eigenvalue weighted by Gasteiger charge is -2.46. The average molecular weight is 399 g/mol. The van der Waals surface area contributed by atoms with Gasteiger partial charge in [-0.1, -0.05) is 0 Å². The summed E-state index contributed by atoms with van der Waals surface area (Å²) in [7, 11) is 0. The van der Waals surface area contributed by atoms with Crippen LogP contribution in [0.1, 0.15) is 28.9 Å². The Bertz CT molecular complexity index is 994. The van der Waals surface area contributed by atoms with Crippen LogP contribution in [0.5, 0.6) is 0 Å². The summed E-state index contributed by atoms with van der Waals surface area (Å²) in [6, 6.07) is 9.06. The third-order valence-corrected chi connectivity index (χ3v) is 5.64. The number of H-pyrrole nitrogens is 1. The Morgan fingerprint density at radius 3 is 2.45 bits per heavy atom. The van der Waals surface area contributed by atoms with Gasteiger partial charge in [0.25, 0.3) is 17.4 Å². The standard InChI is InChI=1S/C21H22FN3O4/c1-14-2-7-17(19(27)23-14)20(28)24-10-8-21(9-11-24)13-25(18(26)12-29-21)16-5-3-15(22)4-6-16/h2-7H,8-13H2,1H3,(H,23,27). The van der Waals surface area contributed by atoms with E-state index in [1.165, 1.54) is 12.1 Å². The third-order valence-electron chi connectivity index (χ3n) is 5.64. The highest BCUT2D eigenvalue weighted by Crippen LogP contribution is 2.33. The molecule has 8 heteroatoms. The van der Waals surface area contributed by atoms with Gasteiger partial charge in [0.2, 0.25) is 0 Å². The van der Waals surface area contributed by atoms with Crippen LogP contribution in [0, 0.1) is 12.7 Å². The number of ether oxygens (including phenoxy) is 1. The van der Waals surface area contributed by atoms with Crippen LogP contribution < -0.4 is 10.5 Å². The second-order valence-corrected chi connectivity index (χ2v) is 7.60. The first kappa shape index (κ1) is 19.3. The van der Waals surface area contributed by atoms with Crippen molar-refractivity contribution < 1.29 is 18.7 Å². The number of aromatic nitrogens is 1. The number of piperidine rings is 1. The first-order chi connectivity index (χ1) is 13.9. The largest absolute Gasteiger partial charge is 0.363 e. The molecule has 0 saturated carbocycles. The average Bonchev–Trinajstić information content (AvgIpc) is 2.71. The maximum Gasteiger partial charge on any atom is 0.260 e. The second-order valence-electron chi connectivity index (χ2n) is 7.60. The Labute approximate surface area is 167 Å². The molecular weight excluding hydrogens is 377 g/mol. The predicted molar refractivity (Wildman–Crippen MR) is 104 cm³/mol. The van der Waals surface area contributed by atoms with Crippen LogP contribution >= 0.6 is 0 Å². The van der Waals surface area contributed by atoms with Crippen LogP contribution in [0.3, 0.4) is 0 Å². The maximum absolute atomic E-state index is 13.2. The molecule has 4 rings (SSSR count). The van der Waals surface area contributed by atoms with E-state index in [-0.39, 0.29) is 29.8 Å². The topological polar surface area (TPSA) is 82.7 Å². The Balaban J connectivity index is 1.46. The summed E-state index contributed by atoms with van der Waals surface area (Å²) in [5.74, 6) is -0.836. The van der Waals surface area contributed by atoms with Gasteiger partial charge in [-0.3, -0.25) is 14.4 Å². The second kappa shape index (κ2) is 7.44. The maximum atomic E-state index is 13.2. The number of anilines is 1. The summed E-state index contributed by atoms with van der Waals surface area (Å²) in [5, 5.41) is 0. The summed E-state index contributed by atoms with van der Waals surface area (Å²) in [6.45, 7) is 2.91. The van der Waals surface area contributed by atoms with E-state index in [4.69, 9.17) is 4.74 Å². The molecule has 2 aromatic rings. The zero-order valence-electron chi connectivity index (χ0n) is 16.1. The summed E-state index contributed by atoms with van der Waals surface area (Å²) in [5.41, 5.74) is 0.504. The van der Waals surface area contributed by atoms with Crippen molar-refractivity contribution in [2.45, 2.75) is 25.4 Å². The normalized spacial score (nSPS) is 18.9. The number of nitrogens with one attached hydrogen (secondary N) is 1. The first-order valence-corrected chi connectivity index (χ1v) is 9.56. The summed E-state index contributed by atoms with van der Waals surface area (Å²) in [4.78, 5) is 43.1. The van der Waals surface area contributed by atoms with E-state index < -0.39 is 11.2 Å². The number of likely N-dealkylation sites (tertiary alicyclic amines) is 1. The molecule has 0 radical (unpaired) electrons. The van der Waals surface area contributed by atoms with Crippen molar-refractivity contribution in [3.8, 4) is 0 Å². The molecule has 2 saturated heterocycles. The minimum absolute atomic E-state index is 0.0526. The molecular formula is C21H22FN3O4. The van der Waals surface area contributed by atoms with Gasteiger partial charge in [-0.05, 0) is 56.2 Å². The summed E-state index contributed by atoms with van der Waals surface area (Å²) >= 11 is 0. The zero-order chi connectivity index (χ0) is 20.6. The number of morpholine rings is 1. The Hall–Kier alpha value is -3.00. The molecule has 0 bridgehead atoms. The van der Waals surface area contributed by atoms with Crippen LogP contribution in [0.4, 0.5) is 10.1 Å². The van der Waals surface area contributed by atoms with Gasteiger partial charge in [-0.25, -0.2) is 4.39 Å². The van der Waals surface area contributed by atoms with Gasteiger partial charge in [-0.15, -0.1) is 0 Å². The fourth-order valence-electron chi connectivity index (χ4n) is 3.90. The lowest BCUT2D eigenvalue weighted by Crippen LogP contribution is -2.59. The van der Waals surface area contributed by atoms with Crippen LogP contribution in [0.25, 0.3) is 0 Å². The molecule has 1 spiro atoms. The van der Waals surface area contributed by atoms with E-state index in [9.17, 15) is 18.8 Å². The lowest BCUT2D eigenvalue weighted by molar-refractivity contribution is -0.143. The highest BCUT2D eigenvalue weighted by atomic mass is 19.1. The van der Waals surface area contributed by atoms with Gasteiger partial charge in [0.15, 0.2) is 0 Å². The molecule has 3 heterocycles. The van der Waals surface area contributed by atoms with Crippen molar-refractivity contribution in [3.05, 3.63) is 63.8 Å². The van der Waals surface area contributed by atoms with Gasteiger partial charge in [-0.2, -0.15) is 0 Å². The Morgan fingerprint density at radius 2 is 1.79 bits per heavy atom. The highest BCUT2D eigenvalue weighted by Gasteiger charge is 2.43. The van der Waals surface area contributed by atoms with E-state index in [1.54, 1.807) is 41.0 Å². The smallest absolute Gasteiger partial charge is 0.260 e. The van der Waals surface area contributed by atoms with Crippen LogP contribution in [-0.2, 0) is 9.53 Å². The molecule has 1 aromatic carbocycles. The minimum Gasteiger partial charge on any atom is -0.363 e. The molecule has 29 heavy (non-hydrogen) atoms. The number of aromatic amines is 1. The molecule has 0 unspecified atom stereocenters. The van der Waals surface area contributed by atoms with Crippen molar-refractivity contribution in [1.82, 2.24) is 9.88 Å². The highest BCUT2D eigenvalue weighted by molar-refractivity contribution is 5.95. The van der Waals surface area contributed by atoms with Gasteiger partial charge in [0.05, 0.1) is 12.1 Å². The fraction of sp³-hybridized carbons (Fsp3) is 0.381. The van der Waals surface area contributed by atoms with Crippen molar-refractivity contribution in [2.75, 3.05) is 31.1 Å². The number of nitrogens with zero attached hydrogens (tertiary/aromatic N) is 2. The number of halogens is 1. The number of pyridine rings is 1. The number of aryl methyl sites for hydroxylation is 1. The number of amides is 2. The van der Waals surface area contributed by atoms with Crippen LogP contribution in [0.2, 0.25) is 0 Å². The Morgan fingerprint density at radius 1 is 1.10 bits per heavy atom. The zero-order valence-corrected chi connectivity index (χ0v) is 16.1. The van der Waals surface area contributed by atoms with Crippen molar-refractivity contribution in [2.24, 2.45) is 0 Å². The number of rotatable bonds is 2. The first-order valence-electron chi connectivity index (χ1n) is 9.56. The van der Waals surface area contributed by atoms with Crippen LogP contribution in [-0.4, -0.2) is 53.5 Å². The van der Waals surface area contributed by atoms with Gasteiger partial charge >= 0.3 is 0 Å². The molecule has 1 aromatic heterocycles.